The van der Waals surface area contributed by atoms with Crippen LogP contribution >= 0.6 is 0 Å². The molecule has 1 heterocycles. The maximum absolute atomic E-state index is 12.0. The Kier molecular flexibility index (Phi) is 7.10. The molecule has 0 saturated carbocycles. The average molecular weight is 312 g/mol. The fraction of sp³-hybridized carbons (Fsp3) is 0.706. The molecule has 0 aliphatic carbocycles. The van der Waals surface area contributed by atoms with E-state index in [-0.39, 0.29) is 11.5 Å². The van der Waals surface area contributed by atoms with Crippen molar-refractivity contribution in [1.82, 2.24) is 0 Å². The van der Waals surface area contributed by atoms with E-state index in [1.165, 1.54) is 0 Å². The smallest absolute Gasteiger partial charge is 0.430 e. The van der Waals surface area contributed by atoms with Gasteiger partial charge >= 0.3 is 12.1 Å². The summed E-state index contributed by atoms with van der Waals surface area (Å²) in [5.41, 5.74) is -0.165. The SMILES string of the molecule is C=CCCCC(OC(=O)OC1(CCCC=C)OO1)C(C)(C)C. The zero-order chi connectivity index (χ0) is 16.6. The van der Waals surface area contributed by atoms with Crippen LogP contribution in [0.4, 0.5) is 4.79 Å². The lowest BCUT2D eigenvalue weighted by molar-refractivity contribution is -0.0791. The van der Waals surface area contributed by atoms with Gasteiger partial charge in [0, 0.05) is 6.42 Å². The van der Waals surface area contributed by atoms with E-state index < -0.39 is 12.1 Å². The average Bonchev–Trinajstić information content (AvgIpc) is 3.17. The van der Waals surface area contributed by atoms with Crippen molar-refractivity contribution < 1.29 is 24.0 Å². The minimum atomic E-state index is -1.26. The van der Waals surface area contributed by atoms with Crippen molar-refractivity contribution in [2.75, 3.05) is 0 Å². The summed E-state index contributed by atoms with van der Waals surface area (Å²) in [5.74, 6) is -1.26. The lowest BCUT2D eigenvalue weighted by Gasteiger charge is -2.30. The summed E-state index contributed by atoms with van der Waals surface area (Å²) >= 11 is 0. The van der Waals surface area contributed by atoms with E-state index in [1.807, 2.05) is 26.8 Å². The number of allylic oxidation sites excluding steroid dienone is 2. The van der Waals surface area contributed by atoms with Crippen LogP contribution in [0.25, 0.3) is 0 Å². The Balaban J connectivity index is 2.45. The third-order valence-corrected chi connectivity index (χ3v) is 3.48. The second-order valence-corrected chi connectivity index (χ2v) is 6.57. The fourth-order valence-electron chi connectivity index (χ4n) is 2.06. The number of hydrogen-bond donors (Lipinski definition) is 0. The van der Waals surface area contributed by atoms with E-state index in [9.17, 15) is 4.79 Å². The second-order valence-electron chi connectivity index (χ2n) is 6.57. The number of ether oxygens (including phenoxy) is 2. The molecule has 126 valence electrons. The van der Waals surface area contributed by atoms with Gasteiger partial charge in [-0.25, -0.2) is 4.79 Å². The van der Waals surface area contributed by atoms with Crippen molar-refractivity contribution in [2.24, 2.45) is 5.41 Å². The molecular weight excluding hydrogens is 284 g/mol. The summed E-state index contributed by atoms with van der Waals surface area (Å²) in [7, 11) is 0. The molecule has 1 atom stereocenters. The molecule has 0 aromatic carbocycles. The standard InChI is InChI=1S/C17H28O5/c1-6-8-10-12-14(16(3,4)5)19-15(18)20-17(21-22-17)13-11-9-7-2/h6-7,14H,1-2,8-13H2,3-5H3. The summed E-state index contributed by atoms with van der Waals surface area (Å²) in [5, 5.41) is 0. The van der Waals surface area contributed by atoms with Crippen molar-refractivity contribution >= 4 is 6.16 Å². The van der Waals surface area contributed by atoms with Gasteiger partial charge in [-0.2, -0.15) is 9.78 Å². The molecule has 0 bridgehead atoms. The van der Waals surface area contributed by atoms with Crippen LogP contribution in [0.15, 0.2) is 25.3 Å². The summed E-state index contributed by atoms with van der Waals surface area (Å²) in [6.07, 6.45) is 7.26. The van der Waals surface area contributed by atoms with Gasteiger partial charge in [0.2, 0.25) is 0 Å². The van der Waals surface area contributed by atoms with Gasteiger partial charge in [0.1, 0.15) is 6.10 Å². The minimum absolute atomic E-state index is 0.165. The van der Waals surface area contributed by atoms with Gasteiger partial charge in [-0.05, 0) is 37.5 Å². The third kappa shape index (κ3) is 6.62. The molecule has 1 rings (SSSR count). The van der Waals surface area contributed by atoms with Crippen LogP contribution in [0.3, 0.4) is 0 Å². The summed E-state index contributed by atoms with van der Waals surface area (Å²) in [4.78, 5) is 21.6. The van der Waals surface area contributed by atoms with Crippen molar-refractivity contribution in [3.8, 4) is 0 Å². The molecule has 5 heteroatoms. The van der Waals surface area contributed by atoms with E-state index in [2.05, 4.69) is 13.2 Å². The molecule has 0 spiro atoms. The molecule has 0 aromatic rings. The first-order chi connectivity index (χ1) is 10.3. The molecule has 5 nitrogen and oxygen atoms in total. The summed E-state index contributed by atoms with van der Waals surface area (Å²) in [6, 6.07) is 0. The first kappa shape index (κ1) is 18.7. The van der Waals surface area contributed by atoms with E-state index in [1.54, 1.807) is 6.08 Å². The van der Waals surface area contributed by atoms with Crippen LogP contribution in [0.1, 0.15) is 59.3 Å². The summed E-state index contributed by atoms with van der Waals surface area (Å²) in [6.45, 7) is 13.4. The normalized spacial score (nSPS) is 17.4. The van der Waals surface area contributed by atoms with Crippen LogP contribution in [-0.2, 0) is 19.2 Å². The molecule has 1 fully saturated rings. The Morgan fingerprint density at radius 1 is 1.18 bits per heavy atom. The predicted molar refractivity (Wildman–Crippen MR) is 83.8 cm³/mol. The topological polar surface area (TPSA) is 60.6 Å². The number of hydrogen-bond acceptors (Lipinski definition) is 5. The highest BCUT2D eigenvalue weighted by atomic mass is 17.5. The van der Waals surface area contributed by atoms with Crippen LogP contribution < -0.4 is 0 Å². The van der Waals surface area contributed by atoms with Crippen molar-refractivity contribution in [3.63, 3.8) is 0 Å². The lowest BCUT2D eigenvalue weighted by atomic mass is 9.86. The molecular formula is C17H28O5. The van der Waals surface area contributed by atoms with Crippen LogP contribution in [0.2, 0.25) is 0 Å². The molecule has 0 aromatic heterocycles. The molecule has 0 amide bonds. The number of unbranched alkanes of at least 4 members (excludes halogenated alkanes) is 2. The maximum Gasteiger partial charge on any atom is 0.513 e. The highest BCUT2D eigenvalue weighted by Gasteiger charge is 2.54. The van der Waals surface area contributed by atoms with Crippen LogP contribution in [-0.4, -0.2) is 18.2 Å². The van der Waals surface area contributed by atoms with Crippen molar-refractivity contribution in [1.29, 1.82) is 0 Å². The van der Waals surface area contributed by atoms with Crippen molar-refractivity contribution in [3.05, 3.63) is 25.3 Å². The first-order valence-electron chi connectivity index (χ1n) is 7.81. The second kappa shape index (κ2) is 8.34. The van der Waals surface area contributed by atoms with Gasteiger partial charge in [0.25, 0.3) is 0 Å². The Morgan fingerprint density at radius 3 is 2.27 bits per heavy atom. The molecule has 1 unspecified atom stereocenters. The Bertz CT molecular complexity index is 379. The minimum Gasteiger partial charge on any atom is -0.430 e. The van der Waals surface area contributed by atoms with Gasteiger partial charge in [-0.3, -0.25) is 0 Å². The highest BCUT2D eigenvalue weighted by molar-refractivity contribution is 5.60. The molecule has 0 radical (unpaired) electrons. The maximum atomic E-state index is 12.0. The molecule has 1 aliphatic heterocycles. The van der Waals surface area contributed by atoms with Crippen LogP contribution in [0, 0.1) is 5.41 Å². The van der Waals surface area contributed by atoms with Gasteiger partial charge in [-0.1, -0.05) is 32.9 Å². The van der Waals surface area contributed by atoms with Gasteiger partial charge in [0.05, 0.1) is 0 Å². The van der Waals surface area contributed by atoms with Crippen molar-refractivity contribution in [2.45, 2.75) is 71.4 Å². The van der Waals surface area contributed by atoms with Gasteiger partial charge in [-0.15, -0.1) is 13.2 Å². The van der Waals surface area contributed by atoms with Crippen LogP contribution in [0.5, 0.6) is 0 Å². The highest BCUT2D eigenvalue weighted by Crippen LogP contribution is 2.37. The molecule has 1 saturated heterocycles. The van der Waals surface area contributed by atoms with E-state index >= 15 is 0 Å². The number of carbonyl (C=O) groups excluding carboxylic acids is 1. The predicted octanol–water partition coefficient (Wildman–Crippen LogP) is 4.88. The third-order valence-electron chi connectivity index (χ3n) is 3.48. The fourth-order valence-corrected chi connectivity index (χ4v) is 2.06. The summed E-state index contributed by atoms with van der Waals surface area (Å²) < 4.78 is 10.6. The number of carbonyl (C=O) groups is 1. The van der Waals surface area contributed by atoms with Gasteiger partial charge in [0.15, 0.2) is 0 Å². The Labute approximate surface area is 133 Å². The van der Waals surface area contributed by atoms with E-state index in [4.69, 9.17) is 19.2 Å². The quantitative estimate of drug-likeness (QED) is 0.189. The lowest BCUT2D eigenvalue weighted by Crippen LogP contribution is -2.33. The zero-order valence-electron chi connectivity index (χ0n) is 13.9. The van der Waals surface area contributed by atoms with E-state index in [0.29, 0.717) is 6.42 Å². The molecule has 1 aliphatic rings. The van der Waals surface area contributed by atoms with Gasteiger partial charge < -0.3 is 9.47 Å². The number of rotatable bonds is 10. The Hall–Kier alpha value is -1.33. The Morgan fingerprint density at radius 2 is 1.77 bits per heavy atom. The molecule has 22 heavy (non-hydrogen) atoms. The largest absolute Gasteiger partial charge is 0.513 e. The molecule has 0 N–H and O–H groups in total. The zero-order valence-corrected chi connectivity index (χ0v) is 13.9. The monoisotopic (exact) mass is 312 g/mol. The first-order valence-corrected chi connectivity index (χ1v) is 7.81. The van der Waals surface area contributed by atoms with E-state index in [0.717, 1.165) is 32.1 Å².